The van der Waals surface area contributed by atoms with Gasteiger partial charge in [0.05, 0.1) is 23.4 Å². The number of hydrogen-bond acceptors (Lipinski definition) is 6. The smallest absolute Gasteiger partial charge is 0.222 e. The van der Waals surface area contributed by atoms with Crippen LogP contribution < -0.4 is 11.1 Å². The molecule has 0 bridgehead atoms. The summed E-state index contributed by atoms with van der Waals surface area (Å²) in [7, 11) is 0. The van der Waals surface area contributed by atoms with Gasteiger partial charge in [0.1, 0.15) is 11.3 Å². The Kier molecular flexibility index (Phi) is 4.10. The Morgan fingerprint density at radius 1 is 0.923 bits per heavy atom. The predicted octanol–water partition coefficient (Wildman–Crippen LogP) is 3.42. The zero-order valence-corrected chi connectivity index (χ0v) is 13.7. The number of rotatable bonds is 4. The van der Waals surface area contributed by atoms with Crippen LogP contribution in [-0.4, -0.2) is 19.9 Å². The van der Waals surface area contributed by atoms with Gasteiger partial charge in [-0.25, -0.2) is 14.4 Å². The van der Waals surface area contributed by atoms with E-state index in [0.717, 1.165) is 11.3 Å². The van der Waals surface area contributed by atoms with Gasteiger partial charge in [-0.15, -0.1) is 0 Å². The van der Waals surface area contributed by atoms with Crippen molar-refractivity contribution in [2.24, 2.45) is 0 Å². The van der Waals surface area contributed by atoms with E-state index in [1.54, 1.807) is 18.3 Å². The van der Waals surface area contributed by atoms with Crippen molar-refractivity contribution in [1.82, 2.24) is 19.9 Å². The number of nitrogen functional groups attached to an aromatic ring is 1. The van der Waals surface area contributed by atoms with Gasteiger partial charge in [-0.2, -0.15) is 4.98 Å². The molecule has 1 aromatic carbocycles. The summed E-state index contributed by atoms with van der Waals surface area (Å²) in [5, 5.41) is 3.22. The van der Waals surface area contributed by atoms with E-state index in [1.807, 2.05) is 30.3 Å². The van der Waals surface area contributed by atoms with Crippen LogP contribution in [0.4, 0.5) is 16.2 Å². The SMILES string of the molecule is Nc1nc(NCc2ccccn2)c2nc(-c3ccc(F)cc3)ccc2n1. The average Bonchev–Trinajstić information content (AvgIpc) is 2.67. The first kappa shape index (κ1) is 15.9. The number of hydrogen-bond donors (Lipinski definition) is 2. The summed E-state index contributed by atoms with van der Waals surface area (Å²) in [6.45, 7) is 0.481. The number of pyridine rings is 2. The fourth-order valence-electron chi connectivity index (χ4n) is 2.61. The minimum Gasteiger partial charge on any atom is -0.368 e. The minimum atomic E-state index is -0.289. The molecule has 0 aliphatic carbocycles. The second kappa shape index (κ2) is 6.72. The Balaban J connectivity index is 1.73. The summed E-state index contributed by atoms with van der Waals surface area (Å²) in [6.07, 6.45) is 1.73. The highest BCUT2D eigenvalue weighted by molar-refractivity contribution is 5.88. The third-order valence-corrected chi connectivity index (χ3v) is 3.86. The molecular formula is C19H15FN6. The van der Waals surface area contributed by atoms with Crippen LogP contribution in [-0.2, 0) is 6.54 Å². The third-order valence-electron chi connectivity index (χ3n) is 3.86. The number of benzene rings is 1. The summed E-state index contributed by atoms with van der Waals surface area (Å²) >= 11 is 0. The number of anilines is 2. The fourth-order valence-corrected chi connectivity index (χ4v) is 2.61. The molecule has 0 amide bonds. The molecule has 0 radical (unpaired) electrons. The Labute approximate surface area is 149 Å². The second-order valence-corrected chi connectivity index (χ2v) is 5.68. The first-order valence-electron chi connectivity index (χ1n) is 8.03. The number of halogens is 1. The lowest BCUT2D eigenvalue weighted by molar-refractivity contribution is 0.628. The maximum Gasteiger partial charge on any atom is 0.222 e. The van der Waals surface area contributed by atoms with Gasteiger partial charge in [0.2, 0.25) is 5.95 Å². The van der Waals surface area contributed by atoms with Crippen molar-refractivity contribution < 1.29 is 4.39 Å². The predicted molar refractivity (Wildman–Crippen MR) is 98.7 cm³/mol. The van der Waals surface area contributed by atoms with E-state index in [0.29, 0.717) is 29.1 Å². The molecular weight excluding hydrogens is 331 g/mol. The highest BCUT2D eigenvalue weighted by atomic mass is 19.1. The number of fused-ring (bicyclic) bond motifs is 1. The fraction of sp³-hybridized carbons (Fsp3) is 0.0526. The van der Waals surface area contributed by atoms with E-state index in [4.69, 9.17) is 5.73 Å². The van der Waals surface area contributed by atoms with Crippen LogP contribution in [0.25, 0.3) is 22.3 Å². The molecule has 3 N–H and O–H groups in total. The first-order valence-corrected chi connectivity index (χ1v) is 8.03. The van der Waals surface area contributed by atoms with Crippen molar-refractivity contribution in [3.63, 3.8) is 0 Å². The van der Waals surface area contributed by atoms with Crippen molar-refractivity contribution in [3.05, 3.63) is 72.3 Å². The maximum atomic E-state index is 13.2. The van der Waals surface area contributed by atoms with Gasteiger partial charge in [-0.05, 0) is 48.5 Å². The van der Waals surface area contributed by atoms with E-state index in [2.05, 4.69) is 25.3 Å². The van der Waals surface area contributed by atoms with Gasteiger partial charge in [-0.1, -0.05) is 6.07 Å². The van der Waals surface area contributed by atoms with Gasteiger partial charge in [-0.3, -0.25) is 4.98 Å². The van der Waals surface area contributed by atoms with Crippen LogP contribution >= 0.6 is 0 Å². The molecule has 0 unspecified atom stereocenters. The topological polar surface area (TPSA) is 89.6 Å². The standard InChI is InChI=1S/C19H15FN6/c20-13-6-4-12(5-7-13)15-8-9-16-17(24-15)18(26-19(21)25-16)23-11-14-3-1-2-10-22-14/h1-10H,11H2,(H3,21,23,25,26). The van der Waals surface area contributed by atoms with Gasteiger partial charge in [0.25, 0.3) is 0 Å². The van der Waals surface area contributed by atoms with Crippen molar-refractivity contribution in [3.8, 4) is 11.3 Å². The number of aromatic nitrogens is 4. The quantitative estimate of drug-likeness (QED) is 0.588. The summed E-state index contributed by atoms with van der Waals surface area (Å²) in [4.78, 5) is 17.4. The first-order chi connectivity index (χ1) is 12.7. The maximum absolute atomic E-state index is 13.2. The summed E-state index contributed by atoms with van der Waals surface area (Å²) in [5.74, 6) is 0.405. The van der Waals surface area contributed by atoms with Crippen molar-refractivity contribution in [1.29, 1.82) is 0 Å². The molecule has 0 spiro atoms. The monoisotopic (exact) mass is 346 g/mol. The molecule has 0 atom stereocenters. The van der Waals surface area contributed by atoms with E-state index < -0.39 is 0 Å². The number of nitrogens with two attached hydrogens (primary N) is 1. The minimum absolute atomic E-state index is 0.164. The molecule has 0 aliphatic heterocycles. The molecule has 7 heteroatoms. The zero-order valence-electron chi connectivity index (χ0n) is 13.7. The number of nitrogens with one attached hydrogen (secondary N) is 1. The van der Waals surface area contributed by atoms with Gasteiger partial charge >= 0.3 is 0 Å². The second-order valence-electron chi connectivity index (χ2n) is 5.68. The molecule has 3 aromatic heterocycles. The molecule has 26 heavy (non-hydrogen) atoms. The van der Waals surface area contributed by atoms with Crippen LogP contribution in [0.2, 0.25) is 0 Å². The molecule has 4 rings (SSSR count). The van der Waals surface area contributed by atoms with Gasteiger partial charge in [0.15, 0.2) is 5.82 Å². The van der Waals surface area contributed by atoms with Crippen LogP contribution in [0.15, 0.2) is 60.8 Å². The van der Waals surface area contributed by atoms with Crippen LogP contribution in [0, 0.1) is 5.82 Å². The van der Waals surface area contributed by atoms with Crippen LogP contribution in [0.1, 0.15) is 5.69 Å². The Morgan fingerprint density at radius 3 is 2.54 bits per heavy atom. The number of nitrogens with zero attached hydrogens (tertiary/aromatic N) is 4. The zero-order chi connectivity index (χ0) is 17.9. The third kappa shape index (κ3) is 3.27. The highest BCUT2D eigenvalue weighted by Crippen LogP contribution is 2.25. The van der Waals surface area contributed by atoms with Crippen LogP contribution in [0.5, 0.6) is 0 Å². The van der Waals surface area contributed by atoms with Gasteiger partial charge < -0.3 is 11.1 Å². The summed E-state index contributed by atoms with van der Waals surface area (Å²) < 4.78 is 13.2. The van der Waals surface area contributed by atoms with Crippen molar-refractivity contribution in [2.45, 2.75) is 6.54 Å². The largest absolute Gasteiger partial charge is 0.368 e. The summed E-state index contributed by atoms with van der Waals surface area (Å²) in [6, 6.07) is 15.5. The molecule has 0 aliphatic rings. The molecule has 0 fully saturated rings. The van der Waals surface area contributed by atoms with Crippen molar-refractivity contribution >= 4 is 22.8 Å². The van der Waals surface area contributed by atoms with E-state index in [9.17, 15) is 4.39 Å². The lowest BCUT2D eigenvalue weighted by atomic mass is 10.1. The summed E-state index contributed by atoms with van der Waals surface area (Å²) in [5.41, 5.74) is 9.41. The average molecular weight is 346 g/mol. The molecule has 6 nitrogen and oxygen atoms in total. The molecule has 128 valence electrons. The lowest BCUT2D eigenvalue weighted by Crippen LogP contribution is -2.07. The lowest BCUT2D eigenvalue weighted by Gasteiger charge is -2.10. The highest BCUT2D eigenvalue weighted by Gasteiger charge is 2.10. The van der Waals surface area contributed by atoms with Crippen molar-refractivity contribution in [2.75, 3.05) is 11.1 Å². The normalized spacial score (nSPS) is 10.8. The Morgan fingerprint density at radius 2 is 1.77 bits per heavy atom. The van der Waals surface area contributed by atoms with E-state index >= 15 is 0 Å². The van der Waals surface area contributed by atoms with Gasteiger partial charge in [0, 0.05) is 11.8 Å². The molecule has 4 aromatic rings. The van der Waals surface area contributed by atoms with E-state index in [1.165, 1.54) is 12.1 Å². The van der Waals surface area contributed by atoms with E-state index in [-0.39, 0.29) is 11.8 Å². The molecule has 0 saturated heterocycles. The van der Waals surface area contributed by atoms with Crippen LogP contribution in [0.3, 0.4) is 0 Å². The Bertz CT molecular complexity index is 1050. The molecule has 0 saturated carbocycles. The Hall–Kier alpha value is -3.61. The molecule has 3 heterocycles.